The van der Waals surface area contributed by atoms with Crippen LogP contribution in [0.1, 0.15) is 47.0 Å². The van der Waals surface area contributed by atoms with Crippen molar-refractivity contribution < 1.29 is 13.2 Å². The van der Waals surface area contributed by atoms with Gasteiger partial charge in [0.05, 0.1) is 16.8 Å². The Balaban J connectivity index is 1.79. The molecule has 3 fully saturated rings. The molecule has 2 bridgehead atoms. The van der Waals surface area contributed by atoms with Crippen molar-refractivity contribution >= 4 is 39.3 Å². The molecule has 1 aliphatic heterocycles. The van der Waals surface area contributed by atoms with E-state index < -0.39 is 20.7 Å². The van der Waals surface area contributed by atoms with Gasteiger partial charge in [-0.1, -0.05) is 44.2 Å². The van der Waals surface area contributed by atoms with Crippen molar-refractivity contribution in [2.24, 2.45) is 16.7 Å². The molecule has 0 radical (unpaired) electrons. The predicted molar refractivity (Wildman–Crippen MR) is 122 cm³/mol. The second kappa shape index (κ2) is 6.90. The molecule has 4 atom stereocenters. The van der Waals surface area contributed by atoms with Crippen LogP contribution in [0, 0.1) is 16.7 Å². The van der Waals surface area contributed by atoms with E-state index in [1.54, 1.807) is 19.9 Å². The van der Waals surface area contributed by atoms with Crippen LogP contribution in [-0.4, -0.2) is 35.2 Å². The summed E-state index contributed by atoms with van der Waals surface area (Å²) >= 11 is 7.64. The molecule has 2 saturated carbocycles. The maximum atomic E-state index is 14.0. The van der Waals surface area contributed by atoms with Gasteiger partial charge in [-0.3, -0.25) is 4.79 Å². The molecule has 1 amide bonds. The number of carbonyl (C=O) groups excluding carboxylic acids is 1. The molecule has 1 spiro atoms. The van der Waals surface area contributed by atoms with Gasteiger partial charge in [0.25, 0.3) is 5.91 Å². The molecule has 4 rings (SSSR count). The van der Waals surface area contributed by atoms with E-state index in [0.29, 0.717) is 16.5 Å². The number of rotatable bonds is 4. The van der Waals surface area contributed by atoms with Gasteiger partial charge >= 0.3 is 0 Å². The fourth-order valence-corrected chi connectivity index (χ4v) is 10.0. The molecule has 7 heteroatoms. The minimum absolute atomic E-state index is 0.0591. The second-order valence-corrected chi connectivity index (χ2v) is 13.3. The van der Waals surface area contributed by atoms with Crippen molar-refractivity contribution in [3.8, 4) is 0 Å². The van der Waals surface area contributed by atoms with Gasteiger partial charge in [-0.2, -0.15) is 0 Å². The summed E-state index contributed by atoms with van der Waals surface area (Å²) in [4.78, 5) is 14.7. The van der Waals surface area contributed by atoms with E-state index in [2.05, 4.69) is 26.2 Å². The third kappa shape index (κ3) is 2.80. The van der Waals surface area contributed by atoms with Crippen molar-refractivity contribution in [3.05, 3.63) is 47.2 Å². The lowest BCUT2D eigenvalue weighted by atomic mass is 9.69. The van der Waals surface area contributed by atoms with E-state index >= 15 is 0 Å². The minimum atomic E-state index is -3.71. The van der Waals surface area contributed by atoms with Crippen molar-refractivity contribution in [1.82, 2.24) is 4.31 Å². The molecule has 1 aromatic rings. The van der Waals surface area contributed by atoms with Gasteiger partial charge in [0.2, 0.25) is 10.0 Å². The third-order valence-corrected chi connectivity index (χ3v) is 12.0. The lowest BCUT2D eigenvalue weighted by Crippen LogP contribution is -2.51. The van der Waals surface area contributed by atoms with E-state index in [1.807, 2.05) is 18.2 Å². The highest BCUT2D eigenvalue weighted by Crippen LogP contribution is 2.70. The molecule has 1 saturated heterocycles. The van der Waals surface area contributed by atoms with E-state index in [1.165, 1.54) is 16.1 Å². The van der Waals surface area contributed by atoms with Crippen LogP contribution in [0.3, 0.4) is 0 Å². The summed E-state index contributed by atoms with van der Waals surface area (Å²) in [6, 6.07) is 7.02. The fourth-order valence-electron chi connectivity index (χ4n) is 5.96. The van der Waals surface area contributed by atoms with Crippen molar-refractivity contribution in [2.45, 2.75) is 62.6 Å². The van der Waals surface area contributed by atoms with Crippen LogP contribution in [0.25, 0.3) is 0 Å². The molecule has 1 heterocycles. The Bertz CT molecular complexity index is 1080. The molecule has 4 nitrogen and oxygen atoms in total. The fraction of sp³-hybridized carbons (Fsp3) is 0.565. The van der Waals surface area contributed by atoms with Crippen LogP contribution in [0.5, 0.6) is 0 Å². The average molecular weight is 466 g/mol. The molecular formula is C23H28ClNO3S2. The van der Waals surface area contributed by atoms with Gasteiger partial charge < -0.3 is 0 Å². The number of amides is 1. The number of benzene rings is 1. The van der Waals surface area contributed by atoms with Gasteiger partial charge in [-0.15, -0.1) is 17.5 Å². The summed E-state index contributed by atoms with van der Waals surface area (Å²) in [6.07, 6.45) is 2.66. The monoisotopic (exact) mass is 465 g/mol. The van der Waals surface area contributed by atoms with Crippen LogP contribution in [0.2, 0.25) is 5.02 Å². The summed E-state index contributed by atoms with van der Waals surface area (Å²) in [7, 11) is -3.71. The molecule has 3 aliphatic rings. The smallest absolute Gasteiger partial charge is 0.257 e. The normalized spacial score (nSPS) is 32.4. The van der Waals surface area contributed by atoms with Gasteiger partial charge in [0.1, 0.15) is 4.75 Å². The molecular weight excluding hydrogens is 438 g/mol. The summed E-state index contributed by atoms with van der Waals surface area (Å²) in [6.45, 7) is 11.6. The lowest BCUT2D eigenvalue weighted by molar-refractivity contribution is -0.130. The topological polar surface area (TPSA) is 54.5 Å². The Morgan fingerprint density at radius 3 is 2.63 bits per heavy atom. The number of hydrogen-bond donors (Lipinski definition) is 0. The number of hydrogen-bond acceptors (Lipinski definition) is 4. The first kappa shape index (κ1) is 22.0. The lowest BCUT2D eigenvalue weighted by Gasteiger charge is -2.39. The molecule has 0 aromatic heterocycles. The zero-order chi connectivity index (χ0) is 22.1. The maximum absolute atomic E-state index is 14.0. The standard InChI is InChI=1S/C23H28ClNO3S2/c1-6-15(2)22(5,29-18-10-8-7-9-17(18)24)20(26)25-19-13-16-11-12-23(19,21(16,3)4)14-30(25,27)28/h7-10,16,19H,1,11-14H2,2-5H3/t16-,19+,22+,23-/m1/s1. The Morgan fingerprint density at radius 1 is 1.37 bits per heavy atom. The summed E-state index contributed by atoms with van der Waals surface area (Å²) in [5.74, 6) is 0.0990. The minimum Gasteiger partial charge on any atom is -0.272 e. The van der Waals surface area contributed by atoms with Gasteiger partial charge in [0.15, 0.2) is 0 Å². The van der Waals surface area contributed by atoms with Crippen LogP contribution in [-0.2, 0) is 14.8 Å². The van der Waals surface area contributed by atoms with E-state index in [4.69, 9.17) is 11.6 Å². The Labute approximate surface area is 188 Å². The third-order valence-electron chi connectivity index (χ3n) is 8.15. The number of fused-ring (bicyclic) bond motifs is 1. The molecule has 2 aliphatic carbocycles. The molecule has 1 aromatic carbocycles. The Kier molecular flexibility index (Phi) is 5.06. The quantitative estimate of drug-likeness (QED) is 0.448. The van der Waals surface area contributed by atoms with Crippen LogP contribution >= 0.6 is 23.4 Å². The summed E-state index contributed by atoms with van der Waals surface area (Å²) < 4.78 is 26.8. The highest BCUT2D eigenvalue weighted by Gasteiger charge is 2.73. The first-order chi connectivity index (χ1) is 13.9. The SMILES string of the molecule is C=C=C(C)[C@](C)(Sc1ccccc1Cl)C(=O)N1[C@H]2C[C@H]3CC[C@]2(CS1(=O)=O)C3(C)C. The first-order valence-corrected chi connectivity index (χ1v) is 13.1. The van der Waals surface area contributed by atoms with Crippen LogP contribution in [0.15, 0.2) is 47.0 Å². The number of nitrogens with zero attached hydrogens (tertiary/aromatic N) is 1. The second-order valence-electron chi connectivity index (χ2n) is 9.59. The first-order valence-electron chi connectivity index (χ1n) is 10.3. The largest absolute Gasteiger partial charge is 0.272 e. The van der Waals surface area contributed by atoms with E-state index in [-0.39, 0.29) is 22.6 Å². The average Bonchev–Trinajstić information content (AvgIpc) is 3.16. The highest BCUT2D eigenvalue weighted by molar-refractivity contribution is 8.02. The molecule has 0 unspecified atom stereocenters. The Morgan fingerprint density at radius 2 is 2.03 bits per heavy atom. The Hall–Kier alpha value is -1.20. The van der Waals surface area contributed by atoms with Gasteiger partial charge in [0, 0.05) is 10.3 Å². The summed E-state index contributed by atoms with van der Waals surface area (Å²) in [5, 5.41) is 0.528. The van der Waals surface area contributed by atoms with Crippen molar-refractivity contribution in [2.75, 3.05) is 5.75 Å². The van der Waals surface area contributed by atoms with Crippen LogP contribution < -0.4 is 0 Å². The predicted octanol–water partition coefficient (Wildman–Crippen LogP) is 5.29. The van der Waals surface area contributed by atoms with E-state index in [0.717, 1.165) is 24.2 Å². The summed E-state index contributed by atoms with van der Waals surface area (Å²) in [5.41, 5.74) is 3.00. The maximum Gasteiger partial charge on any atom is 0.257 e. The number of thioether (sulfide) groups is 1. The number of carbonyl (C=O) groups is 1. The number of sulfonamides is 1. The van der Waals surface area contributed by atoms with E-state index in [9.17, 15) is 13.2 Å². The van der Waals surface area contributed by atoms with Crippen molar-refractivity contribution in [3.63, 3.8) is 0 Å². The highest BCUT2D eigenvalue weighted by atomic mass is 35.5. The van der Waals surface area contributed by atoms with Crippen molar-refractivity contribution in [1.29, 1.82) is 0 Å². The number of halogens is 1. The zero-order valence-corrected chi connectivity index (χ0v) is 20.3. The van der Waals surface area contributed by atoms with Crippen LogP contribution in [0.4, 0.5) is 0 Å². The van der Waals surface area contributed by atoms with Gasteiger partial charge in [-0.25, -0.2) is 12.7 Å². The van der Waals surface area contributed by atoms with Gasteiger partial charge in [-0.05, 0) is 62.1 Å². The molecule has 0 N–H and O–H groups in total. The zero-order valence-electron chi connectivity index (χ0n) is 17.9. The molecule has 162 valence electrons. The molecule has 30 heavy (non-hydrogen) atoms.